The number of benzene rings is 10. The number of fused-ring (bicyclic) bond motifs is 3. The van der Waals surface area contributed by atoms with Crippen LogP contribution in [0.2, 0.25) is 0 Å². The Morgan fingerprint density at radius 2 is 0.774 bits per heavy atom. The Bertz CT molecular complexity index is 3310. The van der Waals surface area contributed by atoms with Gasteiger partial charge in [0, 0.05) is 33.4 Å². The molecule has 0 N–H and O–H groups in total. The lowest BCUT2D eigenvalue weighted by atomic mass is 9.87. The van der Waals surface area contributed by atoms with E-state index >= 15 is 0 Å². The first-order valence-electron chi connectivity index (χ1n) is 21.3. The maximum atomic E-state index is 2.45. The van der Waals surface area contributed by atoms with Crippen molar-refractivity contribution in [2.24, 2.45) is 0 Å². The Labute approximate surface area is 362 Å². The molecule has 0 amide bonds. The van der Waals surface area contributed by atoms with Crippen molar-refractivity contribution in [1.82, 2.24) is 4.57 Å². The molecule has 0 aliphatic heterocycles. The van der Waals surface area contributed by atoms with Crippen LogP contribution in [0.25, 0.3) is 83.1 Å². The summed E-state index contributed by atoms with van der Waals surface area (Å²) in [6, 6.07) is 92.2. The van der Waals surface area contributed by atoms with E-state index in [0.717, 1.165) is 33.9 Å². The second-order valence-electron chi connectivity index (χ2n) is 15.7. The average Bonchev–Trinajstić information content (AvgIpc) is 3.69. The van der Waals surface area contributed by atoms with Gasteiger partial charge < -0.3 is 9.47 Å². The van der Waals surface area contributed by atoms with Crippen LogP contribution >= 0.6 is 0 Å². The van der Waals surface area contributed by atoms with Crippen LogP contribution in [0.1, 0.15) is 0 Å². The van der Waals surface area contributed by atoms with Gasteiger partial charge in [0.2, 0.25) is 0 Å². The van der Waals surface area contributed by atoms with Crippen LogP contribution in [0.3, 0.4) is 0 Å². The summed E-state index contributed by atoms with van der Waals surface area (Å²) in [7, 11) is 0. The lowest BCUT2D eigenvalue weighted by Crippen LogP contribution is -2.12. The largest absolute Gasteiger partial charge is 0.310 e. The van der Waals surface area contributed by atoms with Gasteiger partial charge >= 0.3 is 0 Å². The Kier molecular flexibility index (Phi) is 9.57. The van der Waals surface area contributed by atoms with Crippen LogP contribution in [-0.4, -0.2) is 4.57 Å². The van der Waals surface area contributed by atoms with E-state index in [1.165, 1.54) is 66.3 Å². The Balaban J connectivity index is 1.14. The monoisotopic (exact) mass is 790 g/mol. The first-order valence-corrected chi connectivity index (χ1v) is 21.3. The highest BCUT2D eigenvalue weighted by Crippen LogP contribution is 2.48. The zero-order chi connectivity index (χ0) is 41.2. The normalized spacial score (nSPS) is 11.2. The van der Waals surface area contributed by atoms with Gasteiger partial charge in [0.05, 0.1) is 16.7 Å². The van der Waals surface area contributed by atoms with Gasteiger partial charge in [-0.15, -0.1) is 0 Å². The van der Waals surface area contributed by atoms with Crippen LogP contribution in [0, 0.1) is 0 Å². The summed E-state index contributed by atoms with van der Waals surface area (Å²) in [6.45, 7) is 0. The molecular formula is C60H42N2. The molecule has 10 aromatic carbocycles. The third-order valence-electron chi connectivity index (χ3n) is 12.0. The molecule has 0 unspecified atom stereocenters. The number of nitrogens with zero attached hydrogens (tertiary/aromatic N) is 2. The molecule has 11 rings (SSSR count). The van der Waals surface area contributed by atoms with Crippen molar-refractivity contribution < 1.29 is 0 Å². The first-order chi connectivity index (χ1) is 30.8. The van der Waals surface area contributed by atoms with Crippen molar-refractivity contribution in [3.8, 4) is 61.3 Å². The van der Waals surface area contributed by atoms with Crippen molar-refractivity contribution in [3.63, 3.8) is 0 Å². The van der Waals surface area contributed by atoms with E-state index in [9.17, 15) is 0 Å². The fourth-order valence-electron chi connectivity index (χ4n) is 9.13. The molecule has 0 atom stereocenters. The zero-order valence-corrected chi connectivity index (χ0v) is 34.1. The van der Waals surface area contributed by atoms with E-state index in [0.29, 0.717) is 0 Å². The van der Waals surface area contributed by atoms with Crippen LogP contribution in [0.15, 0.2) is 255 Å². The van der Waals surface area contributed by atoms with Gasteiger partial charge in [-0.25, -0.2) is 0 Å². The molecule has 62 heavy (non-hydrogen) atoms. The predicted octanol–water partition coefficient (Wildman–Crippen LogP) is 16.6. The number of para-hydroxylation sites is 2. The first kappa shape index (κ1) is 36.8. The van der Waals surface area contributed by atoms with E-state index in [4.69, 9.17) is 0 Å². The average molecular weight is 791 g/mol. The lowest BCUT2D eigenvalue weighted by molar-refractivity contribution is 1.18. The summed E-state index contributed by atoms with van der Waals surface area (Å²) >= 11 is 0. The van der Waals surface area contributed by atoms with Crippen LogP contribution in [0.4, 0.5) is 17.1 Å². The second kappa shape index (κ2) is 16.1. The van der Waals surface area contributed by atoms with Crippen molar-refractivity contribution >= 4 is 38.9 Å². The third-order valence-corrected chi connectivity index (χ3v) is 12.0. The van der Waals surface area contributed by atoms with Crippen LogP contribution in [0.5, 0.6) is 0 Å². The summed E-state index contributed by atoms with van der Waals surface area (Å²) in [6.07, 6.45) is 0. The summed E-state index contributed by atoms with van der Waals surface area (Å²) in [4.78, 5) is 2.45. The van der Waals surface area contributed by atoms with Crippen molar-refractivity contribution in [1.29, 1.82) is 0 Å². The molecule has 0 bridgehead atoms. The van der Waals surface area contributed by atoms with Gasteiger partial charge in [-0.05, 0) is 105 Å². The standard InChI is InChI=1S/C60H42N2/c1-5-19-43(20-6-1)44-35-38-50(39-36-44)61(58-34-18-32-53(46-23-9-3-10-24-46)60(58)56-31-14-13-29-52(56)45-21-7-2-8-22-45)51-28-17-25-47(41-51)48-37-40-55-54-30-15-16-33-57(54)62(59(55)42-48)49-26-11-4-12-27-49/h1-42H. The van der Waals surface area contributed by atoms with Gasteiger partial charge in [-0.1, -0.05) is 200 Å². The number of aromatic nitrogens is 1. The number of hydrogen-bond acceptors (Lipinski definition) is 1. The summed E-state index contributed by atoms with van der Waals surface area (Å²) in [5.41, 5.74) is 18.5. The molecule has 0 radical (unpaired) electrons. The van der Waals surface area contributed by atoms with Gasteiger partial charge in [0.25, 0.3) is 0 Å². The molecule has 292 valence electrons. The van der Waals surface area contributed by atoms with E-state index in [-0.39, 0.29) is 0 Å². The van der Waals surface area contributed by atoms with Crippen molar-refractivity contribution in [2.45, 2.75) is 0 Å². The number of hydrogen-bond donors (Lipinski definition) is 0. The Hall–Kier alpha value is -8.20. The topological polar surface area (TPSA) is 8.17 Å². The number of anilines is 3. The maximum Gasteiger partial charge on any atom is 0.0547 e. The molecule has 0 fully saturated rings. The minimum atomic E-state index is 1.07. The number of rotatable bonds is 9. The van der Waals surface area contributed by atoms with E-state index in [1.54, 1.807) is 0 Å². The Morgan fingerprint density at radius 1 is 0.274 bits per heavy atom. The minimum Gasteiger partial charge on any atom is -0.310 e. The van der Waals surface area contributed by atoms with Gasteiger partial charge in [0.15, 0.2) is 0 Å². The summed E-state index contributed by atoms with van der Waals surface area (Å²) in [5.74, 6) is 0. The van der Waals surface area contributed by atoms with Gasteiger partial charge in [-0.2, -0.15) is 0 Å². The molecule has 0 aliphatic rings. The Morgan fingerprint density at radius 3 is 1.50 bits per heavy atom. The molecule has 1 aromatic heterocycles. The van der Waals surface area contributed by atoms with Crippen LogP contribution in [-0.2, 0) is 0 Å². The summed E-state index contributed by atoms with van der Waals surface area (Å²) in [5, 5.41) is 2.49. The molecule has 0 saturated heterocycles. The molecule has 0 spiro atoms. The zero-order valence-electron chi connectivity index (χ0n) is 34.1. The SMILES string of the molecule is c1ccc(-c2ccc(N(c3cccc(-c4ccc5c6ccccc6n(-c6ccccc6)c5c4)c3)c3cccc(-c4ccccc4)c3-c3ccccc3-c3ccccc3)cc2)cc1. The fraction of sp³-hybridized carbons (Fsp3) is 0. The highest BCUT2D eigenvalue weighted by atomic mass is 15.1. The molecule has 2 nitrogen and oxygen atoms in total. The molecule has 0 saturated carbocycles. The quantitative estimate of drug-likeness (QED) is 0.141. The lowest BCUT2D eigenvalue weighted by Gasteiger charge is -2.30. The van der Waals surface area contributed by atoms with Crippen LogP contribution < -0.4 is 4.90 Å². The highest BCUT2D eigenvalue weighted by Gasteiger charge is 2.23. The van der Waals surface area contributed by atoms with Crippen molar-refractivity contribution in [2.75, 3.05) is 4.90 Å². The predicted molar refractivity (Wildman–Crippen MR) is 263 cm³/mol. The molecule has 11 aromatic rings. The molecule has 1 heterocycles. The molecular weight excluding hydrogens is 749 g/mol. The third kappa shape index (κ3) is 6.74. The molecule has 0 aliphatic carbocycles. The summed E-state index contributed by atoms with van der Waals surface area (Å²) < 4.78 is 2.39. The highest BCUT2D eigenvalue weighted by molar-refractivity contribution is 6.10. The smallest absolute Gasteiger partial charge is 0.0547 e. The fourth-order valence-corrected chi connectivity index (χ4v) is 9.13. The molecule has 2 heteroatoms. The second-order valence-corrected chi connectivity index (χ2v) is 15.7. The van der Waals surface area contributed by atoms with E-state index < -0.39 is 0 Å². The minimum absolute atomic E-state index is 1.07. The van der Waals surface area contributed by atoms with E-state index in [2.05, 4.69) is 264 Å². The van der Waals surface area contributed by atoms with Crippen molar-refractivity contribution in [3.05, 3.63) is 255 Å². The van der Waals surface area contributed by atoms with E-state index in [1.807, 2.05) is 0 Å². The van der Waals surface area contributed by atoms with Gasteiger partial charge in [-0.3, -0.25) is 0 Å². The van der Waals surface area contributed by atoms with Gasteiger partial charge in [0.1, 0.15) is 0 Å². The maximum absolute atomic E-state index is 2.45.